The molecule has 102 valence electrons. The van der Waals surface area contributed by atoms with Crippen LogP contribution in [0.2, 0.25) is 0 Å². The second-order valence-corrected chi connectivity index (χ2v) is 5.89. The summed E-state index contributed by atoms with van der Waals surface area (Å²) in [5, 5.41) is 0. The van der Waals surface area contributed by atoms with Crippen molar-refractivity contribution in [2.24, 2.45) is 5.73 Å². The third kappa shape index (κ3) is 3.01. The van der Waals surface area contributed by atoms with E-state index >= 15 is 0 Å². The third-order valence-electron chi connectivity index (χ3n) is 4.42. The number of hydrogen-bond acceptors (Lipinski definition) is 3. The van der Waals surface area contributed by atoms with Gasteiger partial charge in [-0.2, -0.15) is 0 Å². The number of nitrogens with zero attached hydrogens (tertiary/aromatic N) is 1. The van der Waals surface area contributed by atoms with E-state index in [0.29, 0.717) is 6.04 Å². The predicted octanol–water partition coefficient (Wildman–Crippen LogP) is 2.39. The molecule has 2 N–H and O–H groups in total. The van der Waals surface area contributed by atoms with Crippen LogP contribution in [0.25, 0.3) is 0 Å². The smallest absolute Gasteiger partial charge is 0.0670 e. The summed E-state index contributed by atoms with van der Waals surface area (Å²) in [6, 6.07) is 0.544. The molecule has 3 heteroatoms. The molecule has 0 spiro atoms. The molecule has 0 amide bonds. The Bertz CT molecular complexity index is 244. The maximum atomic E-state index is 6.13. The van der Waals surface area contributed by atoms with Crippen LogP contribution in [-0.2, 0) is 4.74 Å². The molecule has 0 aromatic carbocycles. The lowest BCUT2D eigenvalue weighted by atomic mass is 9.77. The molecule has 3 nitrogen and oxygen atoms in total. The van der Waals surface area contributed by atoms with Crippen LogP contribution in [-0.4, -0.2) is 41.8 Å². The maximum absolute atomic E-state index is 6.13. The number of likely N-dealkylation sites (N-methyl/N-ethyl adjacent to an activating group) is 1. The highest BCUT2D eigenvalue weighted by Crippen LogP contribution is 2.38. The Hall–Kier alpha value is -0.120. The minimum atomic E-state index is -0.0000694. The minimum absolute atomic E-state index is 0.0000694. The minimum Gasteiger partial charge on any atom is -0.375 e. The highest BCUT2D eigenvalue weighted by atomic mass is 16.5. The van der Waals surface area contributed by atoms with Gasteiger partial charge in [0.15, 0.2) is 0 Å². The van der Waals surface area contributed by atoms with E-state index < -0.39 is 0 Å². The van der Waals surface area contributed by atoms with E-state index in [0.717, 1.165) is 39.0 Å². The van der Waals surface area contributed by atoms with Crippen molar-refractivity contribution in [2.45, 2.75) is 71.1 Å². The van der Waals surface area contributed by atoms with Gasteiger partial charge in [-0.05, 0) is 46.6 Å². The second-order valence-electron chi connectivity index (χ2n) is 5.89. The van der Waals surface area contributed by atoms with E-state index in [1.165, 1.54) is 0 Å². The monoisotopic (exact) mass is 242 g/mol. The zero-order valence-electron chi connectivity index (χ0n) is 12.3. The van der Waals surface area contributed by atoms with E-state index in [4.69, 9.17) is 10.5 Å². The van der Waals surface area contributed by atoms with Gasteiger partial charge in [0.2, 0.25) is 0 Å². The Labute approximate surface area is 107 Å². The van der Waals surface area contributed by atoms with Crippen molar-refractivity contribution in [3.8, 4) is 0 Å². The van der Waals surface area contributed by atoms with E-state index in [1.807, 2.05) is 0 Å². The van der Waals surface area contributed by atoms with E-state index in [1.54, 1.807) is 0 Å². The Kier molecular flexibility index (Phi) is 4.99. The molecule has 0 saturated carbocycles. The fourth-order valence-corrected chi connectivity index (χ4v) is 3.33. The molecule has 0 aliphatic carbocycles. The van der Waals surface area contributed by atoms with Crippen molar-refractivity contribution >= 4 is 0 Å². The molecule has 1 fully saturated rings. The molecule has 1 rings (SSSR count). The largest absolute Gasteiger partial charge is 0.375 e. The summed E-state index contributed by atoms with van der Waals surface area (Å²) in [7, 11) is 0. The molecule has 2 unspecified atom stereocenters. The summed E-state index contributed by atoms with van der Waals surface area (Å²) < 4.78 is 5.96. The molecule has 1 saturated heterocycles. The quantitative estimate of drug-likeness (QED) is 0.804. The lowest BCUT2D eigenvalue weighted by Crippen LogP contribution is -2.62. The van der Waals surface area contributed by atoms with Crippen LogP contribution >= 0.6 is 0 Å². The first-order chi connectivity index (χ1) is 7.93. The lowest BCUT2D eigenvalue weighted by Gasteiger charge is -2.52. The lowest BCUT2D eigenvalue weighted by molar-refractivity contribution is -0.133. The van der Waals surface area contributed by atoms with Gasteiger partial charge in [0.25, 0.3) is 0 Å². The summed E-state index contributed by atoms with van der Waals surface area (Å²) in [6.45, 7) is 13.8. The normalized spacial score (nSPS) is 34.6. The highest BCUT2D eigenvalue weighted by molar-refractivity contribution is 5.01. The van der Waals surface area contributed by atoms with Gasteiger partial charge in [0, 0.05) is 24.7 Å². The fourth-order valence-electron chi connectivity index (χ4n) is 3.33. The molecule has 1 heterocycles. The summed E-state index contributed by atoms with van der Waals surface area (Å²) in [4.78, 5) is 2.56. The summed E-state index contributed by atoms with van der Waals surface area (Å²) in [6.07, 6.45) is 3.18. The predicted molar refractivity (Wildman–Crippen MR) is 73.2 cm³/mol. The zero-order chi connectivity index (χ0) is 13.1. The first-order valence-corrected chi connectivity index (χ1v) is 7.04. The highest BCUT2D eigenvalue weighted by Gasteiger charge is 2.45. The molecular formula is C14H30N2O. The van der Waals surface area contributed by atoms with Crippen molar-refractivity contribution < 1.29 is 4.74 Å². The number of hydrogen-bond donors (Lipinski definition) is 1. The van der Waals surface area contributed by atoms with Gasteiger partial charge in [-0.3, -0.25) is 4.90 Å². The first kappa shape index (κ1) is 14.9. The molecule has 1 aliphatic rings. The standard InChI is InChI=1S/C14H30N2O/c1-6-13(5)10-14(11-15,8-9-17-13)16(7-2)12(3)4/h12H,6-11,15H2,1-5H3. The molecule has 1 aliphatic heterocycles. The van der Waals surface area contributed by atoms with Gasteiger partial charge in [-0.15, -0.1) is 0 Å². The molecule has 2 atom stereocenters. The van der Waals surface area contributed by atoms with E-state index in [-0.39, 0.29) is 11.1 Å². The molecule has 0 radical (unpaired) electrons. The molecule has 0 aromatic heterocycles. The average molecular weight is 242 g/mol. The van der Waals surface area contributed by atoms with Crippen molar-refractivity contribution in [2.75, 3.05) is 19.7 Å². The van der Waals surface area contributed by atoms with Gasteiger partial charge < -0.3 is 10.5 Å². The SMILES string of the molecule is CCN(C(C)C)C1(CN)CCOC(C)(CC)C1. The zero-order valence-corrected chi connectivity index (χ0v) is 12.3. The van der Waals surface area contributed by atoms with Crippen molar-refractivity contribution in [1.29, 1.82) is 0 Å². The Morgan fingerprint density at radius 3 is 2.41 bits per heavy atom. The number of rotatable bonds is 5. The van der Waals surface area contributed by atoms with Crippen LogP contribution in [0.5, 0.6) is 0 Å². The topological polar surface area (TPSA) is 38.5 Å². The van der Waals surface area contributed by atoms with Gasteiger partial charge in [-0.25, -0.2) is 0 Å². The van der Waals surface area contributed by atoms with Gasteiger partial charge in [-0.1, -0.05) is 13.8 Å². The van der Waals surface area contributed by atoms with Gasteiger partial charge in [0.1, 0.15) is 0 Å². The van der Waals surface area contributed by atoms with Crippen molar-refractivity contribution in [3.05, 3.63) is 0 Å². The molecule has 0 bridgehead atoms. The second kappa shape index (κ2) is 5.68. The molecular weight excluding hydrogens is 212 g/mol. The van der Waals surface area contributed by atoms with Gasteiger partial charge >= 0.3 is 0 Å². The summed E-state index contributed by atoms with van der Waals surface area (Å²) >= 11 is 0. The Balaban J connectivity index is 2.94. The summed E-state index contributed by atoms with van der Waals surface area (Å²) in [5.41, 5.74) is 6.26. The summed E-state index contributed by atoms with van der Waals surface area (Å²) in [5.74, 6) is 0. The van der Waals surface area contributed by atoms with E-state index in [9.17, 15) is 0 Å². The number of nitrogens with two attached hydrogens (primary N) is 1. The Morgan fingerprint density at radius 2 is 2.00 bits per heavy atom. The Morgan fingerprint density at radius 1 is 1.35 bits per heavy atom. The van der Waals surface area contributed by atoms with E-state index in [2.05, 4.69) is 39.5 Å². The van der Waals surface area contributed by atoms with Crippen LogP contribution in [0.1, 0.15) is 53.9 Å². The number of ether oxygens (including phenoxy) is 1. The molecule has 0 aromatic rings. The third-order valence-corrected chi connectivity index (χ3v) is 4.42. The maximum Gasteiger partial charge on any atom is 0.0670 e. The van der Waals surface area contributed by atoms with Crippen molar-refractivity contribution in [3.63, 3.8) is 0 Å². The van der Waals surface area contributed by atoms with Crippen LogP contribution in [0.4, 0.5) is 0 Å². The van der Waals surface area contributed by atoms with Crippen LogP contribution < -0.4 is 5.73 Å². The van der Waals surface area contributed by atoms with Crippen LogP contribution in [0.15, 0.2) is 0 Å². The molecule has 17 heavy (non-hydrogen) atoms. The first-order valence-electron chi connectivity index (χ1n) is 7.04. The van der Waals surface area contributed by atoms with Crippen LogP contribution in [0.3, 0.4) is 0 Å². The van der Waals surface area contributed by atoms with Crippen molar-refractivity contribution in [1.82, 2.24) is 4.90 Å². The van der Waals surface area contributed by atoms with Crippen LogP contribution in [0, 0.1) is 0 Å². The fraction of sp³-hybridized carbons (Fsp3) is 1.00. The van der Waals surface area contributed by atoms with Gasteiger partial charge in [0.05, 0.1) is 5.60 Å². The average Bonchev–Trinajstić information content (AvgIpc) is 2.29.